The van der Waals surface area contributed by atoms with Gasteiger partial charge in [0.15, 0.2) is 0 Å². The number of H-pyrrole nitrogens is 2. The minimum atomic E-state index is -0.588. The molecule has 3 amide bonds. The van der Waals surface area contributed by atoms with Gasteiger partial charge in [0.2, 0.25) is 5.91 Å². The number of rotatable bonds is 6. The van der Waals surface area contributed by atoms with E-state index in [9.17, 15) is 14.4 Å². The molecule has 2 aromatic carbocycles. The number of imidazole rings is 2. The molecular formula is C38H45N7O5. The van der Waals surface area contributed by atoms with Crippen molar-refractivity contribution in [3.63, 3.8) is 0 Å². The van der Waals surface area contributed by atoms with Crippen molar-refractivity contribution < 1.29 is 23.9 Å². The van der Waals surface area contributed by atoms with Crippen LogP contribution in [-0.2, 0) is 14.3 Å². The summed E-state index contributed by atoms with van der Waals surface area (Å²) < 4.78 is 10.4. The number of alkyl carbamates (subject to hydrolysis) is 1. The molecule has 262 valence electrons. The Bertz CT molecular complexity index is 1840. The van der Waals surface area contributed by atoms with E-state index in [0.29, 0.717) is 13.0 Å². The van der Waals surface area contributed by atoms with E-state index in [-0.39, 0.29) is 30.1 Å². The Labute approximate surface area is 292 Å². The van der Waals surface area contributed by atoms with Gasteiger partial charge in [-0.25, -0.2) is 19.6 Å². The molecule has 3 aliphatic rings. The van der Waals surface area contributed by atoms with Crippen LogP contribution in [0.25, 0.3) is 33.6 Å². The van der Waals surface area contributed by atoms with Gasteiger partial charge in [0.25, 0.3) is 0 Å². The lowest BCUT2D eigenvalue weighted by molar-refractivity contribution is -0.135. The number of hydrogen-bond acceptors (Lipinski definition) is 7. The van der Waals surface area contributed by atoms with Gasteiger partial charge in [0.1, 0.15) is 23.3 Å². The summed E-state index contributed by atoms with van der Waals surface area (Å²) in [6, 6.07) is 16.0. The first-order valence-electron chi connectivity index (χ1n) is 17.6. The van der Waals surface area contributed by atoms with Crippen molar-refractivity contribution in [2.45, 2.75) is 95.5 Å². The molecule has 0 saturated carbocycles. The van der Waals surface area contributed by atoms with Crippen LogP contribution in [0.2, 0.25) is 0 Å². The first-order chi connectivity index (χ1) is 24.1. The second kappa shape index (κ2) is 13.6. The van der Waals surface area contributed by atoms with E-state index in [0.717, 1.165) is 83.8 Å². The summed E-state index contributed by atoms with van der Waals surface area (Å²) in [5.74, 6) is 1.47. The topological polar surface area (TPSA) is 146 Å². The smallest absolute Gasteiger partial charge is 0.410 e. The lowest BCUT2D eigenvalue weighted by atomic mass is 10.0. The molecule has 0 spiro atoms. The van der Waals surface area contributed by atoms with Crippen LogP contribution >= 0.6 is 0 Å². The summed E-state index contributed by atoms with van der Waals surface area (Å²) in [6.45, 7) is 6.29. The second-order valence-electron chi connectivity index (χ2n) is 14.5. The number of hydrogen-bond donors (Lipinski definition) is 3. The highest BCUT2D eigenvalue weighted by Gasteiger charge is 2.43. The summed E-state index contributed by atoms with van der Waals surface area (Å²) in [6.07, 6.45) is 8.65. The van der Waals surface area contributed by atoms with Gasteiger partial charge in [0, 0.05) is 12.6 Å². The highest BCUT2D eigenvalue weighted by atomic mass is 16.6. The number of nitrogens with one attached hydrogen (secondary N) is 3. The van der Waals surface area contributed by atoms with Crippen LogP contribution in [0.3, 0.4) is 0 Å². The maximum atomic E-state index is 13.5. The Balaban J connectivity index is 1.01. The van der Waals surface area contributed by atoms with E-state index < -0.39 is 17.7 Å². The van der Waals surface area contributed by atoms with E-state index in [4.69, 9.17) is 14.5 Å². The van der Waals surface area contributed by atoms with Gasteiger partial charge < -0.3 is 29.7 Å². The van der Waals surface area contributed by atoms with Crippen molar-refractivity contribution in [2.75, 3.05) is 13.7 Å². The number of carbonyl (C=O) groups excluding carboxylic acids is 3. The van der Waals surface area contributed by atoms with E-state index in [1.807, 2.05) is 38.1 Å². The van der Waals surface area contributed by atoms with Crippen LogP contribution in [0.1, 0.15) is 89.4 Å². The largest absolute Gasteiger partial charge is 0.453 e. The third-order valence-corrected chi connectivity index (χ3v) is 9.99. The first kappa shape index (κ1) is 33.4. The van der Waals surface area contributed by atoms with E-state index in [2.05, 4.69) is 68.8 Å². The van der Waals surface area contributed by atoms with Crippen molar-refractivity contribution >= 4 is 18.1 Å². The zero-order valence-corrected chi connectivity index (χ0v) is 29.1. The predicted molar refractivity (Wildman–Crippen MR) is 188 cm³/mol. The van der Waals surface area contributed by atoms with Crippen LogP contribution in [-0.4, -0.2) is 79.2 Å². The molecule has 3 fully saturated rings. The Morgan fingerprint density at radius 3 is 1.94 bits per heavy atom. The van der Waals surface area contributed by atoms with Crippen molar-refractivity contribution in [3.8, 4) is 33.6 Å². The quantitative estimate of drug-likeness (QED) is 0.196. The molecular weight excluding hydrogens is 634 g/mol. The number of methoxy groups -OCH3 is 1. The zero-order chi connectivity index (χ0) is 35.0. The Morgan fingerprint density at radius 2 is 1.36 bits per heavy atom. The van der Waals surface area contributed by atoms with Crippen molar-refractivity contribution in [3.05, 3.63) is 72.6 Å². The average molecular weight is 680 g/mol. The molecule has 0 aliphatic carbocycles. The highest BCUT2D eigenvalue weighted by molar-refractivity contribution is 5.86. The molecule has 4 aromatic rings. The van der Waals surface area contributed by atoms with Gasteiger partial charge in [-0.3, -0.25) is 9.69 Å². The molecule has 0 bridgehead atoms. The van der Waals surface area contributed by atoms with Gasteiger partial charge in [-0.15, -0.1) is 0 Å². The van der Waals surface area contributed by atoms with Crippen molar-refractivity contribution in [1.82, 2.24) is 35.1 Å². The number of amides is 3. The third kappa shape index (κ3) is 6.83. The molecule has 3 aliphatic heterocycles. The number of aromatic amines is 2. The first-order valence-corrected chi connectivity index (χ1v) is 17.6. The molecule has 7 rings (SSSR count). The molecule has 5 heterocycles. The fraction of sp³-hybridized carbons (Fsp3) is 0.447. The normalized spacial score (nSPS) is 22.3. The SMILES string of the molecule is COC(=O)N[C@H]1CCCC2CC[C@@H](c3ncc(-c4ccc(-c5ccc(-c6cnc([C@@H]7CCCN7C(=O)OC(C)(C)C)[nH]6)cc5)cc4)[nH]3)N2C1=O. The molecule has 0 radical (unpaired) electrons. The molecule has 3 saturated heterocycles. The summed E-state index contributed by atoms with van der Waals surface area (Å²) in [7, 11) is 1.31. The van der Waals surface area contributed by atoms with Crippen LogP contribution in [0.5, 0.6) is 0 Å². The van der Waals surface area contributed by atoms with Crippen LogP contribution in [0, 0.1) is 0 Å². The number of likely N-dealkylation sites (tertiary alicyclic amines) is 1. The van der Waals surface area contributed by atoms with E-state index in [1.54, 1.807) is 4.90 Å². The average Bonchev–Trinajstić information content (AvgIpc) is 3.92. The van der Waals surface area contributed by atoms with Gasteiger partial charge >= 0.3 is 12.2 Å². The zero-order valence-electron chi connectivity index (χ0n) is 29.1. The number of ether oxygens (including phenoxy) is 2. The van der Waals surface area contributed by atoms with Crippen LogP contribution < -0.4 is 5.32 Å². The molecule has 1 unspecified atom stereocenters. The van der Waals surface area contributed by atoms with E-state index >= 15 is 0 Å². The summed E-state index contributed by atoms with van der Waals surface area (Å²) in [4.78, 5) is 58.2. The molecule has 4 atom stereocenters. The van der Waals surface area contributed by atoms with Gasteiger partial charge in [-0.1, -0.05) is 48.5 Å². The Hall–Kier alpha value is -5.13. The molecule has 2 aromatic heterocycles. The van der Waals surface area contributed by atoms with Gasteiger partial charge in [0.05, 0.1) is 43.0 Å². The number of benzene rings is 2. The second-order valence-corrected chi connectivity index (χ2v) is 14.5. The maximum absolute atomic E-state index is 13.5. The monoisotopic (exact) mass is 679 g/mol. The van der Waals surface area contributed by atoms with Crippen molar-refractivity contribution in [1.29, 1.82) is 0 Å². The fourth-order valence-corrected chi connectivity index (χ4v) is 7.54. The predicted octanol–water partition coefficient (Wildman–Crippen LogP) is 7.15. The number of nitrogens with zero attached hydrogens (tertiary/aromatic N) is 4. The third-order valence-electron chi connectivity index (χ3n) is 9.99. The molecule has 3 N–H and O–H groups in total. The minimum Gasteiger partial charge on any atom is -0.453 e. The maximum Gasteiger partial charge on any atom is 0.410 e. The summed E-state index contributed by atoms with van der Waals surface area (Å²) >= 11 is 0. The Morgan fingerprint density at radius 1 is 0.780 bits per heavy atom. The van der Waals surface area contributed by atoms with Crippen molar-refractivity contribution in [2.24, 2.45) is 0 Å². The lowest BCUT2D eigenvalue weighted by Gasteiger charge is -2.30. The Kier molecular flexibility index (Phi) is 9.11. The fourth-order valence-electron chi connectivity index (χ4n) is 7.54. The van der Waals surface area contributed by atoms with Crippen LogP contribution in [0.4, 0.5) is 9.59 Å². The number of fused-ring (bicyclic) bond motifs is 1. The minimum absolute atomic E-state index is 0.0691. The lowest BCUT2D eigenvalue weighted by Crippen LogP contribution is -2.49. The molecule has 12 nitrogen and oxygen atoms in total. The number of carbonyl (C=O) groups is 3. The summed E-state index contributed by atoms with van der Waals surface area (Å²) in [5.41, 5.74) is 5.43. The van der Waals surface area contributed by atoms with E-state index in [1.165, 1.54) is 7.11 Å². The molecule has 12 heteroatoms. The van der Waals surface area contributed by atoms with Gasteiger partial charge in [-0.2, -0.15) is 0 Å². The summed E-state index contributed by atoms with van der Waals surface area (Å²) in [5, 5.41) is 2.72. The highest BCUT2D eigenvalue weighted by Crippen LogP contribution is 2.40. The number of aromatic nitrogens is 4. The van der Waals surface area contributed by atoms with Crippen LogP contribution in [0.15, 0.2) is 60.9 Å². The van der Waals surface area contributed by atoms with Gasteiger partial charge in [-0.05, 0) is 88.0 Å². The standard InChI is InChI=1S/C38H45N7O5/c1-38(2,3)50-37(48)44-20-6-9-31(44)33-39-21-29(41-33)25-14-10-23(11-15-25)24-12-16-26(17-13-24)30-22-40-34(42-30)32-19-18-27-7-5-8-28(35(46)45(27)32)43-36(47)49-4/h10-17,21-22,27-28,31-32H,5-9,18-20H2,1-4H3,(H,39,41)(H,40,42)(H,43,47)/t27?,28-,31-,32-/m0/s1. The molecule has 50 heavy (non-hydrogen) atoms.